The molecule has 3 N–H and O–H groups in total. The lowest BCUT2D eigenvalue weighted by Gasteiger charge is -2.14. The third-order valence-corrected chi connectivity index (χ3v) is 1.79. The van der Waals surface area contributed by atoms with Crippen molar-refractivity contribution in [2.75, 3.05) is 0 Å². The highest BCUT2D eigenvalue weighted by molar-refractivity contribution is 5.92. The summed E-state index contributed by atoms with van der Waals surface area (Å²) < 4.78 is 0. The Kier molecular flexibility index (Phi) is 1.48. The number of carboxylic acid groups (broad SMARTS) is 1. The highest BCUT2D eigenvalue weighted by atomic mass is 16.4. The molecule has 1 atom stereocenters. The van der Waals surface area contributed by atoms with Gasteiger partial charge < -0.3 is 10.8 Å². The van der Waals surface area contributed by atoms with Gasteiger partial charge in [0, 0.05) is 12.8 Å². The van der Waals surface area contributed by atoms with Gasteiger partial charge in [0.15, 0.2) is 0 Å². The van der Waals surface area contributed by atoms with Gasteiger partial charge in [0.25, 0.3) is 0 Å². The maximum Gasteiger partial charge on any atom is 0.324 e. The van der Waals surface area contributed by atoms with Gasteiger partial charge in [0.1, 0.15) is 11.3 Å². The van der Waals surface area contributed by atoms with E-state index in [2.05, 4.69) is 0 Å². The predicted molar refractivity (Wildman–Crippen MR) is 33.4 cm³/mol. The second-order valence-corrected chi connectivity index (χ2v) is 2.68. The second-order valence-electron chi connectivity index (χ2n) is 2.68. The summed E-state index contributed by atoms with van der Waals surface area (Å²) >= 11 is 0. The predicted octanol–water partition coefficient (Wildman–Crippen LogP) is -0.479. The minimum atomic E-state index is -1.27. The van der Waals surface area contributed by atoms with Crippen molar-refractivity contribution in [2.24, 2.45) is 5.73 Å². The summed E-state index contributed by atoms with van der Waals surface area (Å²) in [6, 6.07) is 0. The number of carbonyl (C=O) groups excluding carboxylic acids is 1. The van der Waals surface area contributed by atoms with Crippen LogP contribution in [0.15, 0.2) is 0 Å². The van der Waals surface area contributed by atoms with E-state index in [-0.39, 0.29) is 18.6 Å². The lowest BCUT2D eigenvalue weighted by Crippen LogP contribution is -2.45. The van der Waals surface area contributed by atoms with Gasteiger partial charge in [-0.3, -0.25) is 9.59 Å². The van der Waals surface area contributed by atoms with Crippen LogP contribution < -0.4 is 5.73 Å². The van der Waals surface area contributed by atoms with Crippen LogP contribution in [-0.2, 0) is 9.59 Å². The third kappa shape index (κ3) is 1.02. The molecule has 1 aliphatic rings. The van der Waals surface area contributed by atoms with Crippen molar-refractivity contribution in [1.82, 2.24) is 0 Å². The van der Waals surface area contributed by atoms with E-state index < -0.39 is 11.5 Å². The summed E-state index contributed by atoms with van der Waals surface area (Å²) in [6.07, 6.45) is 0.576. The second kappa shape index (κ2) is 2.05. The molecule has 4 heteroatoms. The van der Waals surface area contributed by atoms with Crippen LogP contribution in [0.5, 0.6) is 0 Å². The Morgan fingerprint density at radius 2 is 2.30 bits per heavy atom. The van der Waals surface area contributed by atoms with E-state index in [0.29, 0.717) is 6.42 Å². The van der Waals surface area contributed by atoms with Crippen molar-refractivity contribution in [3.8, 4) is 0 Å². The van der Waals surface area contributed by atoms with Crippen LogP contribution >= 0.6 is 0 Å². The van der Waals surface area contributed by atoms with Crippen molar-refractivity contribution < 1.29 is 14.7 Å². The maximum atomic E-state index is 10.6. The van der Waals surface area contributed by atoms with E-state index in [1.54, 1.807) is 0 Å². The Morgan fingerprint density at radius 3 is 2.50 bits per heavy atom. The molecule has 0 aliphatic heterocycles. The molecular weight excluding hydrogens is 134 g/mol. The van der Waals surface area contributed by atoms with Crippen molar-refractivity contribution in [1.29, 1.82) is 0 Å². The Hall–Kier alpha value is -0.900. The first kappa shape index (κ1) is 7.21. The lowest BCUT2D eigenvalue weighted by atomic mass is 10.0. The molecule has 4 nitrogen and oxygen atoms in total. The molecule has 1 rings (SSSR count). The number of hydrogen-bond donors (Lipinski definition) is 2. The molecule has 1 unspecified atom stereocenters. The van der Waals surface area contributed by atoms with Gasteiger partial charge in [-0.05, 0) is 6.42 Å². The van der Waals surface area contributed by atoms with Gasteiger partial charge in [-0.15, -0.1) is 0 Å². The van der Waals surface area contributed by atoms with Crippen molar-refractivity contribution >= 4 is 11.8 Å². The van der Waals surface area contributed by atoms with E-state index in [0.717, 1.165) is 0 Å². The SMILES string of the molecule is NC1(C(=O)O)CCC(=O)C1. The Morgan fingerprint density at radius 1 is 1.70 bits per heavy atom. The Labute approximate surface area is 58.0 Å². The van der Waals surface area contributed by atoms with Crippen LogP contribution in [0.25, 0.3) is 0 Å². The third-order valence-electron chi connectivity index (χ3n) is 1.79. The molecule has 0 bridgehead atoms. The summed E-state index contributed by atoms with van der Waals surface area (Å²) in [5, 5.41) is 8.51. The molecule has 0 aromatic rings. The zero-order chi connectivity index (χ0) is 7.78. The molecule has 0 radical (unpaired) electrons. The molecule has 1 aliphatic carbocycles. The highest BCUT2D eigenvalue weighted by Gasteiger charge is 2.41. The number of ketones is 1. The lowest BCUT2D eigenvalue weighted by molar-refractivity contribution is -0.143. The van der Waals surface area contributed by atoms with Crippen molar-refractivity contribution in [3.05, 3.63) is 0 Å². The number of carbonyl (C=O) groups is 2. The maximum absolute atomic E-state index is 10.6. The fourth-order valence-corrected chi connectivity index (χ4v) is 1.07. The number of nitrogens with two attached hydrogens (primary N) is 1. The van der Waals surface area contributed by atoms with Crippen LogP contribution in [0.3, 0.4) is 0 Å². The van der Waals surface area contributed by atoms with Gasteiger partial charge in [0.05, 0.1) is 0 Å². The zero-order valence-electron chi connectivity index (χ0n) is 5.46. The average Bonchev–Trinajstić information content (AvgIpc) is 2.13. The minimum Gasteiger partial charge on any atom is -0.480 e. The highest BCUT2D eigenvalue weighted by Crippen LogP contribution is 2.24. The fraction of sp³-hybridized carbons (Fsp3) is 0.667. The van der Waals surface area contributed by atoms with Gasteiger partial charge in [-0.1, -0.05) is 0 Å². The normalized spacial score (nSPS) is 32.7. The molecule has 1 saturated carbocycles. The minimum absolute atomic E-state index is 0.0116. The monoisotopic (exact) mass is 143 g/mol. The summed E-state index contributed by atoms with van der Waals surface area (Å²) in [4.78, 5) is 21.0. The molecular formula is C6H9NO3. The van der Waals surface area contributed by atoms with E-state index >= 15 is 0 Å². The van der Waals surface area contributed by atoms with Crippen LogP contribution in [-0.4, -0.2) is 22.4 Å². The standard InChI is InChI=1S/C6H9NO3/c7-6(5(9)10)2-1-4(8)3-6/h1-3,7H2,(H,9,10). The van der Waals surface area contributed by atoms with Crippen LogP contribution in [0.1, 0.15) is 19.3 Å². The largest absolute Gasteiger partial charge is 0.480 e. The van der Waals surface area contributed by atoms with Gasteiger partial charge in [0.2, 0.25) is 0 Å². The fourth-order valence-electron chi connectivity index (χ4n) is 1.07. The van der Waals surface area contributed by atoms with E-state index in [1.807, 2.05) is 0 Å². The first-order valence-corrected chi connectivity index (χ1v) is 3.08. The molecule has 0 aromatic heterocycles. The number of hydrogen-bond acceptors (Lipinski definition) is 3. The van der Waals surface area contributed by atoms with Crippen LogP contribution in [0, 0.1) is 0 Å². The molecule has 1 fully saturated rings. The zero-order valence-corrected chi connectivity index (χ0v) is 5.46. The summed E-state index contributed by atoms with van der Waals surface area (Å²) in [5.74, 6) is -1.12. The molecule has 10 heavy (non-hydrogen) atoms. The Balaban J connectivity index is 2.72. The smallest absolute Gasteiger partial charge is 0.324 e. The summed E-state index contributed by atoms with van der Waals surface area (Å²) in [5.41, 5.74) is 4.11. The first-order chi connectivity index (χ1) is 4.54. The van der Waals surface area contributed by atoms with E-state index in [9.17, 15) is 9.59 Å². The molecule has 56 valence electrons. The van der Waals surface area contributed by atoms with E-state index in [4.69, 9.17) is 10.8 Å². The molecule has 0 heterocycles. The van der Waals surface area contributed by atoms with Crippen molar-refractivity contribution in [3.63, 3.8) is 0 Å². The number of carboxylic acids is 1. The van der Waals surface area contributed by atoms with Gasteiger partial charge in [-0.25, -0.2) is 0 Å². The average molecular weight is 143 g/mol. The van der Waals surface area contributed by atoms with Crippen LogP contribution in [0.4, 0.5) is 0 Å². The summed E-state index contributed by atoms with van der Waals surface area (Å²) in [6.45, 7) is 0. The van der Waals surface area contributed by atoms with Gasteiger partial charge in [-0.2, -0.15) is 0 Å². The van der Waals surface area contributed by atoms with Crippen molar-refractivity contribution in [2.45, 2.75) is 24.8 Å². The molecule has 0 spiro atoms. The van der Waals surface area contributed by atoms with E-state index in [1.165, 1.54) is 0 Å². The number of rotatable bonds is 1. The Bertz CT molecular complexity index is 189. The topological polar surface area (TPSA) is 80.4 Å². The van der Waals surface area contributed by atoms with Gasteiger partial charge >= 0.3 is 5.97 Å². The molecule has 0 amide bonds. The van der Waals surface area contributed by atoms with Crippen LogP contribution in [0.2, 0.25) is 0 Å². The number of Topliss-reactive ketones (excluding diaryl/α,β-unsaturated/α-hetero) is 1. The molecule has 0 saturated heterocycles. The first-order valence-electron chi connectivity index (χ1n) is 3.08. The molecule has 0 aromatic carbocycles. The quantitative estimate of drug-likeness (QED) is 0.519. The number of aliphatic carboxylic acids is 1. The summed E-state index contributed by atoms with van der Waals surface area (Å²) in [7, 11) is 0.